The van der Waals surface area contributed by atoms with E-state index in [1.165, 1.54) is 6.07 Å². The highest BCUT2D eigenvalue weighted by Gasteiger charge is 2.06. The number of hydrogen-bond acceptors (Lipinski definition) is 3. The van der Waals surface area contributed by atoms with Crippen LogP contribution in [0.25, 0.3) is 0 Å². The molecule has 18 heavy (non-hydrogen) atoms. The Hall–Kier alpha value is -2.10. The maximum Gasteiger partial charge on any atom is 0.254 e. The summed E-state index contributed by atoms with van der Waals surface area (Å²) >= 11 is 0. The van der Waals surface area contributed by atoms with Crippen molar-refractivity contribution in [2.75, 3.05) is 0 Å². The molecule has 0 spiro atoms. The van der Waals surface area contributed by atoms with Crippen LogP contribution in [0.2, 0.25) is 0 Å². The fourth-order valence-electron chi connectivity index (χ4n) is 1.51. The number of nitrogens with one attached hydrogen (secondary N) is 1. The zero-order chi connectivity index (χ0) is 13.1. The molecule has 0 unspecified atom stereocenters. The predicted octanol–water partition coefficient (Wildman–Crippen LogP) is 2.99. The van der Waals surface area contributed by atoms with Crippen molar-refractivity contribution in [2.45, 2.75) is 26.7 Å². The molecule has 94 valence electrons. The smallest absolute Gasteiger partial charge is 0.254 e. The first-order valence-corrected chi connectivity index (χ1v) is 5.90. The van der Waals surface area contributed by atoms with E-state index in [9.17, 15) is 4.79 Å². The number of benzene rings is 1. The molecule has 0 fully saturated rings. The van der Waals surface area contributed by atoms with Crippen LogP contribution in [0.3, 0.4) is 0 Å². The second-order valence-corrected chi connectivity index (χ2v) is 4.54. The number of nitrogens with zero attached hydrogens (tertiary/aromatic N) is 1. The normalized spacial score (nSPS) is 10.7. The zero-order valence-corrected chi connectivity index (χ0v) is 10.7. The molecule has 0 aliphatic carbocycles. The molecule has 0 amide bonds. The van der Waals surface area contributed by atoms with Crippen molar-refractivity contribution in [1.29, 1.82) is 0 Å². The number of H-pyrrole nitrogens is 1. The maximum atomic E-state index is 11.5. The average Bonchev–Trinajstić information content (AvgIpc) is 2.31. The zero-order valence-electron chi connectivity index (χ0n) is 10.7. The monoisotopic (exact) mass is 244 g/mol. The topological polar surface area (TPSA) is 55.0 Å². The van der Waals surface area contributed by atoms with E-state index >= 15 is 0 Å². The average molecular weight is 244 g/mol. The van der Waals surface area contributed by atoms with Crippen molar-refractivity contribution in [3.05, 3.63) is 52.1 Å². The molecule has 0 aliphatic rings. The van der Waals surface area contributed by atoms with E-state index in [2.05, 4.69) is 9.97 Å². The largest absolute Gasteiger partial charge is 0.439 e. The lowest BCUT2D eigenvalue weighted by atomic mass is 10.2. The van der Waals surface area contributed by atoms with Crippen LogP contribution in [-0.4, -0.2) is 9.97 Å². The van der Waals surface area contributed by atoms with Gasteiger partial charge in [0.15, 0.2) is 0 Å². The van der Waals surface area contributed by atoms with Gasteiger partial charge in [0.25, 0.3) is 5.56 Å². The molecule has 1 N–H and O–H groups in total. The molecule has 0 radical (unpaired) electrons. The molecule has 2 aromatic rings. The van der Waals surface area contributed by atoms with Crippen molar-refractivity contribution in [3.8, 4) is 11.6 Å². The van der Waals surface area contributed by atoms with Gasteiger partial charge in [-0.25, -0.2) is 0 Å². The Morgan fingerprint density at radius 3 is 2.50 bits per heavy atom. The highest BCUT2D eigenvalue weighted by atomic mass is 16.5. The van der Waals surface area contributed by atoms with Crippen LogP contribution in [0.15, 0.2) is 35.1 Å². The standard InChI is InChI=1S/C14H16N2O2/c1-9(2)14-15-12(17)8-13(16-14)18-11-6-4-10(3)5-7-11/h4-9H,1-3H3,(H,15,16,17). The summed E-state index contributed by atoms with van der Waals surface area (Å²) < 4.78 is 5.57. The molecule has 1 aromatic heterocycles. The van der Waals surface area contributed by atoms with Crippen LogP contribution in [0.5, 0.6) is 11.6 Å². The van der Waals surface area contributed by atoms with Gasteiger partial charge in [0.05, 0.1) is 6.07 Å². The van der Waals surface area contributed by atoms with Gasteiger partial charge in [-0.1, -0.05) is 31.5 Å². The van der Waals surface area contributed by atoms with Crippen LogP contribution in [0.1, 0.15) is 31.2 Å². The molecule has 0 saturated heterocycles. The Kier molecular flexibility index (Phi) is 3.46. The van der Waals surface area contributed by atoms with Gasteiger partial charge in [-0.2, -0.15) is 4.98 Å². The van der Waals surface area contributed by atoms with Crippen molar-refractivity contribution < 1.29 is 4.74 Å². The van der Waals surface area contributed by atoms with Crippen LogP contribution in [0.4, 0.5) is 0 Å². The van der Waals surface area contributed by atoms with Gasteiger partial charge in [0, 0.05) is 5.92 Å². The third kappa shape index (κ3) is 2.97. The third-order valence-electron chi connectivity index (χ3n) is 2.53. The molecule has 0 aliphatic heterocycles. The number of aromatic nitrogens is 2. The van der Waals surface area contributed by atoms with Gasteiger partial charge in [-0.3, -0.25) is 4.79 Å². The Bertz CT molecular complexity index is 585. The highest BCUT2D eigenvalue weighted by molar-refractivity contribution is 5.29. The molecule has 2 rings (SSSR count). The van der Waals surface area contributed by atoms with E-state index < -0.39 is 0 Å². The molecule has 1 heterocycles. The fraction of sp³-hybridized carbons (Fsp3) is 0.286. The van der Waals surface area contributed by atoms with E-state index in [1.54, 1.807) is 0 Å². The summed E-state index contributed by atoms with van der Waals surface area (Å²) in [4.78, 5) is 18.5. The van der Waals surface area contributed by atoms with E-state index in [0.717, 1.165) is 5.56 Å². The molecule has 1 aromatic carbocycles. The third-order valence-corrected chi connectivity index (χ3v) is 2.53. The number of hydrogen-bond donors (Lipinski definition) is 1. The number of rotatable bonds is 3. The summed E-state index contributed by atoms with van der Waals surface area (Å²) in [7, 11) is 0. The van der Waals surface area contributed by atoms with Gasteiger partial charge >= 0.3 is 0 Å². The van der Waals surface area contributed by atoms with Gasteiger partial charge in [0.2, 0.25) is 5.88 Å². The van der Waals surface area contributed by atoms with Crippen molar-refractivity contribution in [1.82, 2.24) is 9.97 Å². The second kappa shape index (κ2) is 5.04. The first-order chi connectivity index (χ1) is 8.54. The minimum atomic E-state index is -0.198. The summed E-state index contributed by atoms with van der Waals surface area (Å²) in [6.45, 7) is 5.94. The maximum absolute atomic E-state index is 11.5. The molecule has 4 heteroatoms. The van der Waals surface area contributed by atoms with Crippen molar-refractivity contribution in [3.63, 3.8) is 0 Å². The van der Waals surface area contributed by atoms with Crippen LogP contribution < -0.4 is 10.3 Å². The summed E-state index contributed by atoms with van der Waals surface area (Å²) in [6.07, 6.45) is 0. The Morgan fingerprint density at radius 2 is 1.89 bits per heavy atom. The summed E-state index contributed by atoms with van der Waals surface area (Å²) in [5.41, 5.74) is 0.958. The lowest BCUT2D eigenvalue weighted by Crippen LogP contribution is -2.11. The molecule has 4 nitrogen and oxygen atoms in total. The van der Waals surface area contributed by atoms with E-state index in [4.69, 9.17) is 4.74 Å². The van der Waals surface area contributed by atoms with Crippen molar-refractivity contribution in [2.24, 2.45) is 0 Å². The highest BCUT2D eigenvalue weighted by Crippen LogP contribution is 2.19. The summed E-state index contributed by atoms with van der Waals surface area (Å²) in [5.74, 6) is 1.78. The number of ether oxygens (including phenoxy) is 1. The second-order valence-electron chi connectivity index (χ2n) is 4.54. The first-order valence-electron chi connectivity index (χ1n) is 5.90. The Labute approximate surface area is 106 Å². The minimum absolute atomic E-state index is 0.152. The quantitative estimate of drug-likeness (QED) is 0.903. The molecular formula is C14H16N2O2. The van der Waals surface area contributed by atoms with E-state index in [-0.39, 0.29) is 11.5 Å². The first kappa shape index (κ1) is 12.4. The summed E-state index contributed by atoms with van der Waals surface area (Å²) in [6, 6.07) is 8.96. The molecule has 0 bridgehead atoms. The van der Waals surface area contributed by atoms with E-state index in [0.29, 0.717) is 17.5 Å². The SMILES string of the molecule is Cc1ccc(Oc2cc(=O)[nH]c(C(C)C)n2)cc1. The minimum Gasteiger partial charge on any atom is -0.439 e. The van der Waals surface area contributed by atoms with Gasteiger partial charge in [-0.05, 0) is 19.1 Å². The fourth-order valence-corrected chi connectivity index (χ4v) is 1.51. The van der Waals surface area contributed by atoms with E-state index in [1.807, 2.05) is 45.0 Å². The lowest BCUT2D eigenvalue weighted by molar-refractivity contribution is 0.455. The molecule has 0 saturated carbocycles. The van der Waals surface area contributed by atoms with Gasteiger partial charge < -0.3 is 9.72 Å². The molecule has 0 atom stereocenters. The molecular weight excluding hydrogens is 228 g/mol. The predicted molar refractivity (Wildman–Crippen MR) is 70.2 cm³/mol. The van der Waals surface area contributed by atoms with Crippen molar-refractivity contribution >= 4 is 0 Å². The van der Waals surface area contributed by atoms with Gasteiger partial charge in [-0.15, -0.1) is 0 Å². The summed E-state index contributed by atoms with van der Waals surface area (Å²) in [5, 5.41) is 0. The number of aryl methyl sites for hydroxylation is 1. The van der Waals surface area contributed by atoms with Crippen LogP contribution >= 0.6 is 0 Å². The van der Waals surface area contributed by atoms with Crippen LogP contribution in [0, 0.1) is 6.92 Å². The van der Waals surface area contributed by atoms with Crippen LogP contribution in [-0.2, 0) is 0 Å². The Morgan fingerprint density at radius 1 is 1.22 bits per heavy atom. The Balaban J connectivity index is 2.28. The van der Waals surface area contributed by atoms with Gasteiger partial charge in [0.1, 0.15) is 11.6 Å². The lowest BCUT2D eigenvalue weighted by Gasteiger charge is -2.08. The number of aromatic amines is 1.